The van der Waals surface area contributed by atoms with Crippen LogP contribution < -0.4 is 5.32 Å². The molecule has 0 amide bonds. The second-order valence-electron chi connectivity index (χ2n) is 3.64. The fourth-order valence-electron chi connectivity index (χ4n) is 1.90. The Labute approximate surface area is 56.8 Å². The van der Waals surface area contributed by atoms with Crippen LogP contribution in [0.2, 0.25) is 0 Å². The van der Waals surface area contributed by atoms with Crippen LogP contribution >= 0.6 is 0 Å². The molecular weight excluding hydrogens is 110 g/mol. The van der Waals surface area contributed by atoms with Crippen molar-refractivity contribution in [2.24, 2.45) is 11.8 Å². The first-order chi connectivity index (χ1) is 4.36. The summed E-state index contributed by atoms with van der Waals surface area (Å²) in [5, 5.41) is 3.49. The molecule has 0 aromatic heterocycles. The summed E-state index contributed by atoms with van der Waals surface area (Å²) in [5.74, 6) is 2.16. The third-order valence-electron chi connectivity index (χ3n) is 2.67. The maximum absolute atomic E-state index is 3.49. The van der Waals surface area contributed by atoms with Gasteiger partial charge in [-0.1, -0.05) is 0 Å². The monoisotopic (exact) mass is 125 g/mol. The average Bonchev–Trinajstić information content (AvgIpc) is 2.58. The smallest absolute Gasteiger partial charge is 0.00420 e. The molecule has 2 atom stereocenters. The largest absolute Gasteiger partial charge is 0.314 e. The van der Waals surface area contributed by atoms with Gasteiger partial charge in [0.25, 0.3) is 0 Å². The van der Waals surface area contributed by atoms with Gasteiger partial charge in [-0.2, -0.15) is 0 Å². The second kappa shape index (κ2) is 1.98. The summed E-state index contributed by atoms with van der Waals surface area (Å²) in [6.45, 7) is 3.59. The first kappa shape index (κ1) is 5.72. The van der Waals surface area contributed by atoms with Crippen molar-refractivity contribution >= 4 is 0 Å². The molecule has 0 bridgehead atoms. The van der Waals surface area contributed by atoms with Gasteiger partial charge >= 0.3 is 0 Å². The van der Waals surface area contributed by atoms with E-state index in [0.29, 0.717) is 0 Å². The Morgan fingerprint density at radius 1 is 1.22 bits per heavy atom. The lowest BCUT2D eigenvalue weighted by Crippen LogP contribution is -2.16. The van der Waals surface area contributed by atoms with Gasteiger partial charge in [-0.25, -0.2) is 0 Å². The van der Waals surface area contributed by atoms with Crippen LogP contribution in [-0.2, 0) is 0 Å². The normalized spacial score (nSPS) is 43.7. The maximum atomic E-state index is 3.49. The van der Waals surface area contributed by atoms with Crippen LogP contribution in [0.3, 0.4) is 0 Å². The average molecular weight is 125 g/mol. The molecular formula is C8H15N. The van der Waals surface area contributed by atoms with Crippen LogP contribution in [0.1, 0.15) is 26.2 Å². The molecule has 0 spiro atoms. The molecule has 0 radical (unpaired) electrons. The van der Waals surface area contributed by atoms with E-state index in [9.17, 15) is 0 Å². The quantitative estimate of drug-likeness (QED) is 0.558. The number of hydrogen-bond donors (Lipinski definition) is 1. The standard InChI is InChI=1S/C8H15N/c1-6-4-8(5-9-6)7-2-3-7/h6-9H,2-5H2,1H3/t6-,8-/m1/s1. The van der Waals surface area contributed by atoms with Crippen molar-refractivity contribution in [3.63, 3.8) is 0 Å². The minimum Gasteiger partial charge on any atom is -0.314 e. The summed E-state index contributed by atoms with van der Waals surface area (Å²) in [5.41, 5.74) is 0. The summed E-state index contributed by atoms with van der Waals surface area (Å²) in [6.07, 6.45) is 4.46. The summed E-state index contributed by atoms with van der Waals surface area (Å²) in [6, 6.07) is 0.801. The molecule has 1 N–H and O–H groups in total. The highest BCUT2D eigenvalue weighted by Crippen LogP contribution is 2.40. The zero-order valence-electron chi connectivity index (χ0n) is 6.06. The van der Waals surface area contributed by atoms with E-state index >= 15 is 0 Å². The first-order valence-corrected chi connectivity index (χ1v) is 4.09. The molecule has 2 aliphatic rings. The zero-order valence-corrected chi connectivity index (χ0v) is 6.06. The van der Waals surface area contributed by atoms with Crippen LogP contribution in [0.5, 0.6) is 0 Å². The van der Waals surface area contributed by atoms with E-state index < -0.39 is 0 Å². The van der Waals surface area contributed by atoms with Crippen LogP contribution in [0.4, 0.5) is 0 Å². The Kier molecular flexibility index (Phi) is 1.26. The van der Waals surface area contributed by atoms with Crippen LogP contribution in [0, 0.1) is 11.8 Å². The molecule has 1 saturated carbocycles. The highest BCUT2D eigenvalue weighted by molar-refractivity contribution is 4.89. The van der Waals surface area contributed by atoms with Crippen molar-refractivity contribution in [1.82, 2.24) is 5.32 Å². The third kappa shape index (κ3) is 1.11. The lowest BCUT2D eigenvalue weighted by atomic mass is 10.0. The molecule has 0 aromatic rings. The van der Waals surface area contributed by atoms with Gasteiger partial charge in [0.2, 0.25) is 0 Å². The van der Waals surface area contributed by atoms with E-state index in [4.69, 9.17) is 0 Å². The summed E-state index contributed by atoms with van der Waals surface area (Å²) in [7, 11) is 0. The number of hydrogen-bond acceptors (Lipinski definition) is 1. The minimum absolute atomic E-state index is 0.801. The Balaban J connectivity index is 1.86. The van der Waals surface area contributed by atoms with Crippen molar-refractivity contribution in [3.05, 3.63) is 0 Å². The molecule has 52 valence electrons. The van der Waals surface area contributed by atoms with Gasteiger partial charge in [0.1, 0.15) is 0 Å². The van der Waals surface area contributed by atoms with E-state index in [2.05, 4.69) is 12.2 Å². The second-order valence-corrected chi connectivity index (χ2v) is 3.64. The maximum Gasteiger partial charge on any atom is 0.00420 e. The fourth-order valence-corrected chi connectivity index (χ4v) is 1.90. The predicted octanol–water partition coefficient (Wildman–Crippen LogP) is 1.39. The van der Waals surface area contributed by atoms with Crippen molar-refractivity contribution in [3.8, 4) is 0 Å². The molecule has 0 unspecified atom stereocenters. The van der Waals surface area contributed by atoms with Crippen LogP contribution in [0.15, 0.2) is 0 Å². The topological polar surface area (TPSA) is 12.0 Å². The van der Waals surface area contributed by atoms with E-state index in [1.54, 1.807) is 0 Å². The molecule has 1 aliphatic heterocycles. The Bertz CT molecular complexity index is 107. The molecule has 0 aromatic carbocycles. The third-order valence-corrected chi connectivity index (χ3v) is 2.67. The molecule has 1 aliphatic carbocycles. The van der Waals surface area contributed by atoms with Gasteiger partial charge in [-0.3, -0.25) is 0 Å². The van der Waals surface area contributed by atoms with Crippen molar-refractivity contribution in [2.75, 3.05) is 6.54 Å². The lowest BCUT2D eigenvalue weighted by Gasteiger charge is -2.03. The van der Waals surface area contributed by atoms with E-state index in [-0.39, 0.29) is 0 Å². The van der Waals surface area contributed by atoms with Gasteiger partial charge in [-0.05, 0) is 44.6 Å². The molecule has 2 rings (SSSR count). The van der Waals surface area contributed by atoms with Gasteiger partial charge in [0.15, 0.2) is 0 Å². The Morgan fingerprint density at radius 2 is 2.00 bits per heavy atom. The Hall–Kier alpha value is -0.0400. The highest BCUT2D eigenvalue weighted by Gasteiger charge is 2.34. The van der Waals surface area contributed by atoms with E-state index in [1.165, 1.54) is 25.8 Å². The molecule has 1 heteroatoms. The van der Waals surface area contributed by atoms with Gasteiger partial charge in [-0.15, -0.1) is 0 Å². The van der Waals surface area contributed by atoms with Gasteiger partial charge in [0.05, 0.1) is 0 Å². The van der Waals surface area contributed by atoms with E-state index in [0.717, 1.165) is 17.9 Å². The minimum atomic E-state index is 0.801. The van der Waals surface area contributed by atoms with Crippen molar-refractivity contribution in [2.45, 2.75) is 32.2 Å². The fraction of sp³-hybridized carbons (Fsp3) is 1.00. The summed E-state index contributed by atoms with van der Waals surface area (Å²) in [4.78, 5) is 0. The molecule has 1 nitrogen and oxygen atoms in total. The van der Waals surface area contributed by atoms with Gasteiger partial charge < -0.3 is 5.32 Å². The molecule has 1 saturated heterocycles. The van der Waals surface area contributed by atoms with Gasteiger partial charge in [0, 0.05) is 6.04 Å². The SMILES string of the molecule is C[C@@H]1C[C@@H](C2CC2)CN1. The Morgan fingerprint density at radius 3 is 2.44 bits per heavy atom. The van der Waals surface area contributed by atoms with Crippen LogP contribution in [0.25, 0.3) is 0 Å². The van der Waals surface area contributed by atoms with Crippen LogP contribution in [-0.4, -0.2) is 12.6 Å². The van der Waals surface area contributed by atoms with Crippen molar-refractivity contribution < 1.29 is 0 Å². The number of rotatable bonds is 1. The first-order valence-electron chi connectivity index (χ1n) is 4.09. The number of nitrogens with one attached hydrogen (secondary N) is 1. The summed E-state index contributed by atoms with van der Waals surface area (Å²) < 4.78 is 0. The predicted molar refractivity (Wildman–Crippen MR) is 38.3 cm³/mol. The molecule has 1 heterocycles. The van der Waals surface area contributed by atoms with Crippen molar-refractivity contribution in [1.29, 1.82) is 0 Å². The molecule has 2 fully saturated rings. The molecule has 9 heavy (non-hydrogen) atoms. The summed E-state index contributed by atoms with van der Waals surface area (Å²) >= 11 is 0. The highest BCUT2D eigenvalue weighted by atomic mass is 14.9. The zero-order chi connectivity index (χ0) is 6.27. The lowest BCUT2D eigenvalue weighted by molar-refractivity contribution is 0.499. The van der Waals surface area contributed by atoms with E-state index in [1.807, 2.05) is 0 Å².